The van der Waals surface area contributed by atoms with Crippen LogP contribution in [0.2, 0.25) is 0 Å². The van der Waals surface area contributed by atoms with Gasteiger partial charge >= 0.3 is 0 Å². The van der Waals surface area contributed by atoms with Crippen LogP contribution < -0.4 is 5.32 Å². The summed E-state index contributed by atoms with van der Waals surface area (Å²) in [5, 5.41) is 12.1. The number of aromatic hydroxyl groups is 1. The normalized spacial score (nSPS) is 21.6. The average Bonchev–Trinajstić information content (AvgIpc) is 2.17. The topological polar surface area (TPSA) is 32.3 Å². The molecule has 1 heterocycles. The van der Waals surface area contributed by atoms with Gasteiger partial charge in [0.25, 0.3) is 0 Å². The summed E-state index contributed by atoms with van der Waals surface area (Å²) < 4.78 is 26.9. The molecule has 0 spiro atoms. The molecular formula is C11H13F2NO. The Kier molecular flexibility index (Phi) is 2.86. The number of rotatable bonds is 1. The van der Waals surface area contributed by atoms with Gasteiger partial charge in [0, 0.05) is 30.2 Å². The fourth-order valence-corrected chi connectivity index (χ4v) is 2.06. The second kappa shape index (κ2) is 4.14. The number of halogens is 2. The molecule has 1 aliphatic rings. The monoisotopic (exact) mass is 213 g/mol. The molecule has 2 nitrogen and oxygen atoms in total. The molecule has 2 rings (SSSR count). The molecule has 1 aromatic rings. The summed E-state index contributed by atoms with van der Waals surface area (Å²) in [4.78, 5) is 0. The Labute approximate surface area is 86.9 Å². The Morgan fingerprint density at radius 3 is 2.47 bits per heavy atom. The molecule has 2 N–H and O–H groups in total. The summed E-state index contributed by atoms with van der Waals surface area (Å²) in [6, 6.07) is 1.93. The molecule has 15 heavy (non-hydrogen) atoms. The quantitative estimate of drug-likeness (QED) is 0.749. The maximum Gasteiger partial charge on any atom is 0.133 e. The van der Waals surface area contributed by atoms with Crippen LogP contribution in [0.3, 0.4) is 0 Å². The second-order valence-electron chi connectivity index (χ2n) is 3.87. The van der Waals surface area contributed by atoms with E-state index >= 15 is 0 Å². The fourth-order valence-electron chi connectivity index (χ4n) is 2.06. The summed E-state index contributed by atoms with van der Waals surface area (Å²) in [6.07, 6.45) is 1.70. The molecule has 1 atom stereocenters. The van der Waals surface area contributed by atoms with Crippen molar-refractivity contribution in [2.24, 2.45) is 0 Å². The van der Waals surface area contributed by atoms with Crippen molar-refractivity contribution in [3.8, 4) is 5.75 Å². The standard InChI is InChI=1S/C11H13F2NO/c12-9-4-8(15)5-10(13)11(9)7-2-1-3-14-6-7/h4-5,7,14-15H,1-3,6H2. The van der Waals surface area contributed by atoms with Crippen molar-refractivity contribution in [3.05, 3.63) is 29.3 Å². The van der Waals surface area contributed by atoms with Crippen molar-refractivity contribution in [1.82, 2.24) is 5.32 Å². The first-order chi connectivity index (χ1) is 7.18. The van der Waals surface area contributed by atoms with Crippen molar-refractivity contribution in [2.45, 2.75) is 18.8 Å². The second-order valence-corrected chi connectivity index (χ2v) is 3.87. The van der Waals surface area contributed by atoms with Gasteiger partial charge in [0.2, 0.25) is 0 Å². The summed E-state index contributed by atoms with van der Waals surface area (Å²) in [7, 11) is 0. The Balaban J connectivity index is 2.33. The van der Waals surface area contributed by atoms with Gasteiger partial charge in [-0.05, 0) is 19.4 Å². The van der Waals surface area contributed by atoms with Crippen molar-refractivity contribution in [3.63, 3.8) is 0 Å². The summed E-state index contributed by atoms with van der Waals surface area (Å²) >= 11 is 0. The van der Waals surface area contributed by atoms with Gasteiger partial charge in [0.1, 0.15) is 17.4 Å². The van der Waals surface area contributed by atoms with Crippen LogP contribution in [0.5, 0.6) is 5.75 Å². The minimum atomic E-state index is -0.652. The van der Waals surface area contributed by atoms with Gasteiger partial charge in [-0.15, -0.1) is 0 Å². The highest BCUT2D eigenvalue weighted by molar-refractivity contribution is 5.32. The lowest BCUT2D eigenvalue weighted by atomic mass is 9.91. The SMILES string of the molecule is Oc1cc(F)c(C2CCCNC2)c(F)c1. The fraction of sp³-hybridized carbons (Fsp3) is 0.455. The van der Waals surface area contributed by atoms with E-state index in [1.165, 1.54) is 0 Å². The van der Waals surface area contributed by atoms with Crippen LogP contribution in [-0.2, 0) is 0 Å². The van der Waals surface area contributed by atoms with E-state index in [1.54, 1.807) is 0 Å². The van der Waals surface area contributed by atoms with Gasteiger partial charge in [-0.2, -0.15) is 0 Å². The van der Waals surface area contributed by atoms with Crippen LogP contribution in [-0.4, -0.2) is 18.2 Å². The van der Waals surface area contributed by atoms with Crippen molar-refractivity contribution in [2.75, 3.05) is 13.1 Å². The molecule has 4 heteroatoms. The lowest BCUT2D eigenvalue weighted by Gasteiger charge is -2.23. The largest absolute Gasteiger partial charge is 0.508 e. The number of phenolic OH excluding ortho intramolecular Hbond substituents is 1. The average molecular weight is 213 g/mol. The minimum Gasteiger partial charge on any atom is -0.508 e. The zero-order chi connectivity index (χ0) is 10.8. The third-order valence-electron chi connectivity index (χ3n) is 2.77. The van der Waals surface area contributed by atoms with Crippen LogP contribution in [0.1, 0.15) is 24.3 Å². The van der Waals surface area contributed by atoms with Gasteiger partial charge in [0.15, 0.2) is 0 Å². The number of hydrogen-bond donors (Lipinski definition) is 2. The minimum absolute atomic E-state index is 0.0972. The molecule has 1 unspecified atom stereocenters. The van der Waals surface area contributed by atoms with E-state index in [-0.39, 0.29) is 17.2 Å². The predicted molar refractivity (Wildman–Crippen MR) is 52.9 cm³/mol. The zero-order valence-corrected chi connectivity index (χ0v) is 8.26. The third-order valence-corrected chi connectivity index (χ3v) is 2.77. The van der Waals surface area contributed by atoms with E-state index in [0.717, 1.165) is 31.5 Å². The first-order valence-electron chi connectivity index (χ1n) is 5.07. The van der Waals surface area contributed by atoms with Gasteiger partial charge in [-0.3, -0.25) is 0 Å². The highest BCUT2D eigenvalue weighted by Crippen LogP contribution is 2.30. The molecule has 0 saturated carbocycles. The first kappa shape index (κ1) is 10.4. The number of benzene rings is 1. The molecule has 0 aromatic heterocycles. The van der Waals surface area contributed by atoms with Crippen LogP contribution >= 0.6 is 0 Å². The molecule has 1 aliphatic heterocycles. The van der Waals surface area contributed by atoms with E-state index in [2.05, 4.69) is 5.32 Å². The lowest BCUT2D eigenvalue weighted by molar-refractivity contribution is 0.417. The van der Waals surface area contributed by atoms with Gasteiger partial charge in [0.05, 0.1) is 0 Å². The molecular weight excluding hydrogens is 200 g/mol. The Hall–Kier alpha value is -1.16. The Morgan fingerprint density at radius 2 is 1.93 bits per heavy atom. The van der Waals surface area contributed by atoms with E-state index in [9.17, 15) is 8.78 Å². The zero-order valence-electron chi connectivity index (χ0n) is 8.26. The third kappa shape index (κ3) is 2.09. The first-order valence-corrected chi connectivity index (χ1v) is 5.07. The summed E-state index contributed by atoms with van der Waals surface area (Å²) in [5.41, 5.74) is 0.0972. The van der Waals surface area contributed by atoms with E-state index in [1.807, 2.05) is 0 Å². The predicted octanol–water partition coefficient (Wildman–Crippen LogP) is 2.14. The van der Waals surface area contributed by atoms with Gasteiger partial charge < -0.3 is 10.4 Å². The highest BCUT2D eigenvalue weighted by atomic mass is 19.1. The van der Waals surface area contributed by atoms with E-state index in [0.29, 0.717) is 6.54 Å². The van der Waals surface area contributed by atoms with E-state index in [4.69, 9.17) is 5.11 Å². The Morgan fingerprint density at radius 1 is 1.27 bits per heavy atom. The molecule has 0 aliphatic carbocycles. The summed E-state index contributed by atoms with van der Waals surface area (Å²) in [5.74, 6) is -1.79. The van der Waals surface area contributed by atoms with Gasteiger partial charge in [-0.1, -0.05) is 0 Å². The maximum absolute atomic E-state index is 13.5. The molecule has 0 radical (unpaired) electrons. The molecule has 0 bridgehead atoms. The molecule has 1 saturated heterocycles. The smallest absolute Gasteiger partial charge is 0.133 e. The van der Waals surface area contributed by atoms with Gasteiger partial charge in [-0.25, -0.2) is 8.78 Å². The number of phenols is 1. The number of hydrogen-bond acceptors (Lipinski definition) is 2. The molecule has 82 valence electrons. The Bertz CT molecular complexity index is 339. The van der Waals surface area contributed by atoms with Crippen molar-refractivity contribution in [1.29, 1.82) is 0 Å². The maximum atomic E-state index is 13.5. The highest BCUT2D eigenvalue weighted by Gasteiger charge is 2.22. The number of nitrogens with one attached hydrogen (secondary N) is 1. The lowest BCUT2D eigenvalue weighted by Crippen LogP contribution is -2.29. The van der Waals surface area contributed by atoms with E-state index < -0.39 is 11.6 Å². The van der Waals surface area contributed by atoms with Crippen LogP contribution in [0, 0.1) is 11.6 Å². The van der Waals surface area contributed by atoms with Crippen LogP contribution in [0.4, 0.5) is 8.78 Å². The van der Waals surface area contributed by atoms with Crippen LogP contribution in [0.25, 0.3) is 0 Å². The number of piperidine rings is 1. The molecule has 1 aromatic carbocycles. The van der Waals surface area contributed by atoms with Crippen molar-refractivity contribution >= 4 is 0 Å². The van der Waals surface area contributed by atoms with Crippen molar-refractivity contribution < 1.29 is 13.9 Å². The molecule has 1 fully saturated rings. The van der Waals surface area contributed by atoms with Crippen LogP contribution in [0.15, 0.2) is 12.1 Å². The molecule has 0 amide bonds. The summed E-state index contributed by atoms with van der Waals surface area (Å²) in [6.45, 7) is 1.50.